The van der Waals surface area contributed by atoms with Gasteiger partial charge in [-0.1, -0.05) is 51.1 Å². The largest absolute Gasteiger partial charge is 0.508 e. The first kappa shape index (κ1) is 24.6. The molecular weight excluding hydrogens is 446 g/mol. The van der Waals surface area contributed by atoms with E-state index < -0.39 is 29.6 Å². The van der Waals surface area contributed by atoms with Crippen LogP contribution in [0, 0.1) is 5.41 Å². The molecule has 3 amide bonds. The molecule has 0 radical (unpaired) electrons. The lowest BCUT2D eigenvalue weighted by Crippen LogP contribution is -2.58. The van der Waals surface area contributed by atoms with Gasteiger partial charge in [-0.15, -0.1) is 0 Å². The fourth-order valence-electron chi connectivity index (χ4n) is 5.07. The maximum absolute atomic E-state index is 13.7. The van der Waals surface area contributed by atoms with Gasteiger partial charge in [-0.25, -0.2) is 4.79 Å². The van der Waals surface area contributed by atoms with E-state index in [1.165, 1.54) is 10.5 Å². The topological polar surface area (TPSA) is 122 Å². The number of aryl methyl sites for hydroxylation is 1. The molecule has 0 fully saturated rings. The first-order chi connectivity index (χ1) is 16.5. The number of nitrogens with zero attached hydrogens (tertiary/aromatic N) is 1. The number of carbonyl (C=O) groups is 3. The van der Waals surface area contributed by atoms with E-state index in [4.69, 9.17) is 10.5 Å². The van der Waals surface area contributed by atoms with E-state index in [1.807, 2.05) is 18.2 Å². The summed E-state index contributed by atoms with van der Waals surface area (Å²) in [5.74, 6) is -0.668. The van der Waals surface area contributed by atoms with Gasteiger partial charge < -0.3 is 25.8 Å². The maximum atomic E-state index is 13.7. The van der Waals surface area contributed by atoms with Crippen molar-refractivity contribution in [3.8, 4) is 5.75 Å². The number of phenolic OH excluding ortho intramolecular Hbond substituents is 1. The minimum atomic E-state index is -1.16. The average molecular weight is 480 g/mol. The Hall–Kier alpha value is -3.55. The Morgan fingerprint density at radius 3 is 2.57 bits per heavy atom. The molecule has 8 heteroatoms. The molecule has 1 aliphatic heterocycles. The van der Waals surface area contributed by atoms with E-state index in [2.05, 4.69) is 11.4 Å². The van der Waals surface area contributed by atoms with Crippen LogP contribution in [-0.4, -0.2) is 40.1 Å². The van der Waals surface area contributed by atoms with E-state index in [0.717, 1.165) is 36.0 Å². The zero-order valence-electron chi connectivity index (χ0n) is 20.4. The molecule has 3 atom stereocenters. The first-order valence-corrected chi connectivity index (χ1v) is 12.0. The predicted octanol–water partition coefficient (Wildman–Crippen LogP) is 3.35. The Labute approximate surface area is 205 Å². The quantitative estimate of drug-likeness (QED) is 0.621. The van der Waals surface area contributed by atoms with Crippen molar-refractivity contribution in [3.63, 3.8) is 0 Å². The number of carbonyl (C=O) groups excluding carboxylic acids is 3. The van der Waals surface area contributed by atoms with Gasteiger partial charge in [0.15, 0.2) is 6.10 Å². The molecule has 0 aromatic heterocycles. The number of amides is 3. The van der Waals surface area contributed by atoms with E-state index in [9.17, 15) is 19.5 Å². The lowest BCUT2D eigenvalue weighted by atomic mass is 9.85. The standard InChI is InChI=1S/C27H33N3O5/c1-27(2,3)23(35-26(28)34)25(33)30-15-18-13-19(31)12-11-17(18)14-22(30)24(32)29-21-10-6-8-16-7-4-5-9-20(16)21/h4-5,7,9,11-13,21-23,31H,6,8,10,14-15H2,1-3H3,(H2,28,34)(H,29,32)/t21-,22+,23?/m1/s1. The molecule has 2 aromatic rings. The molecule has 0 bridgehead atoms. The summed E-state index contributed by atoms with van der Waals surface area (Å²) in [7, 11) is 0. The third-order valence-electron chi connectivity index (χ3n) is 6.84. The molecule has 4 N–H and O–H groups in total. The molecule has 186 valence electrons. The molecule has 2 aliphatic rings. The van der Waals surface area contributed by atoms with Crippen molar-refractivity contribution in [3.05, 3.63) is 64.7 Å². The van der Waals surface area contributed by atoms with Crippen LogP contribution in [0.25, 0.3) is 0 Å². The summed E-state index contributed by atoms with van der Waals surface area (Å²) in [5, 5.41) is 13.2. The van der Waals surface area contributed by atoms with Crippen molar-refractivity contribution in [2.24, 2.45) is 11.1 Å². The highest BCUT2D eigenvalue weighted by Crippen LogP contribution is 2.33. The second-order valence-electron chi connectivity index (χ2n) is 10.5. The van der Waals surface area contributed by atoms with Crippen LogP contribution in [0.2, 0.25) is 0 Å². The number of hydrogen-bond donors (Lipinski definition) is 3. The Morgan fingerprint density at radius 2 is 1.86 bits per heavy atom. The highest BCUT2D eigenvalue weighted by atomic mass is 16.6. The number of nitrogens with one attached hydrogen (secondary N) is 1. The summed E-state index contributed by atoms with van der Waals surface area (Å²) >= 11 is 0. The summed E-state index contributed by atoms with van der Waals surface area (Å²) in [4.78, 5) is 40.5. The van der Waals surface area contributed by atoms with Crippen LogP contribution < -0.4 is 11.1 Å². The molecule has 0 saturated heterocycles. The van der Waals surface area contributed by atoms with Crippen LogP contribution in [-0.2, 0) is 33.7 Å². The van der Waals surface area contributed by atoms with E-state index in [-0.39, 0.29) is 30.7 Å². The zero-order chi connectivity index (χ0) is 25.3. The smallest absolute Gasteiger partial charge is 0.405 e. The normalized spacial score (nSPS) is 20.3. The monoisotopic (exact) mass is 479 g/mol. The van der Waals surface area contributed by atoms with E-state index in [1.54, 1.807) is 39.0 Å². The van der Waals surface area contributed by atoms with Gasteiger partial charge in [-0.2, -0.15) is 0 Å². The molecule has 4 rings (SSSR count). The Morgan fingerprint density at radius 1 is 1.11 bits per heavy atom. The molecule has 1 aliphatic carbocycles. The first-order valence-electron chi connectivity index (χ1n) is 12.0. The second kappa shape index (κ2) is 9.60. The zero-order valence-corrected chi connectivity index (χ0v) is 20.4. The van der Waals surface area contributed by atoms with Gasteiger partial charge in [0.25, 0.3) is 5.91 Å². The van der Waals surface area contributed by atoms with Gasteiger partial charge in [0.05, 0.1) is 6.04 Å². The summed E-state index contributed by atoms with van der Waals surface area (Å²) < 4.78 is 5.23. The van der Waals surface area contributed by atoms with Crippen molar-refractivity contribution in [1.82, 2.24) is 10.2 Å². The number of nitrogens with two attached hydrogens (primary N) is 1. The van der Waals surface area contributed by atoms with E-state index in [0.29, 0.717) is 0 Å². The predicted molar refractivity (Wildman–Crippen MR) is 130 cm³/mol. The van der Waals surface area contributed by atoms with Gasteiger partial charge >= 0.3 is 6.09 Å². The van der Waals surface area contributed by atoms with Gasteiger partial charge in [-0.3, -0.25) is 9.59 Å². The Bertz CT molecular complexity index is 1140. The Balaban J connectivity index is 1.66. The highest BCUT2D eigenvalue weighted by molar-refractivity contribution is 5.91. The SMILES string of the molecule is CC(C)(C)C(OC(N)=O)C(=O)N1Cc2cc(O)ccc2C[C@H]1C(=O)N[C@@H]1CCCc2ccccc21. The number of fused-ring (bicyclic) bond motifs is 2. The fraction of sp³-hybridized carbons (Fsp3) is 0.444. The van der Waals surface area contributed by atoms with Gasteiger partial charge in [0.2, 0.25) is 5.91 Å². The van der Waals surface area contributed by atoms with Crippen LogP contribution in [0.1, 0.15) is 61.9 Å². The highest BCUT2D eigenvalue weighted by Gasteiger charge is 2.43. The molecular formula is C27H33N3O5. The van der Waals surface area contributed by atoms with Crippen molar-refractivity contribution in [2.75, 3.05) is 0 Å². The second-order valence-corrected chi connectivity index (χ2v) is 10.5. The molecule has 1 unspecified atom stereocenters. The number of aromatic hydroxyl groups is 1. The number of benzene rings is 2. The van der Waals surface area contributed by atoms with Crippen LogP contribution in [0.15, 0.2) is 42.5 Å². The number of hydrogen-bond acceptors (Lipinski definition) is 5. The maximum Gasteiger partial charge on any atom is 0.405 e. The third kappa shape index (κ3) is 5.26. The number of phenols is 1. The van der Waals surface area contributed by atoms with Crippen molar-refractivity contribution in [1.29, 1.82) is 0 Å². The Kier molecular flexibility index (Phi) is 6.74. The molecule has 35 heavy (non-hydrogen) atoms. The molecule has 1 heterocycles. The fourth-order valence-corrected chi connectivity index (χ4v) is 5.07. The number of primary amides is 1. The molecule has 0 spiro atoms. The third-order valence-corrected chi connectivity index (χ3v) is 6.84. The van der Waals surface area contributed by atoms with Crippen molar-refractivity contribution < 1.29 is 24.2 Å². The summed E-state index contributed by atoms with van der Waals surface area (Å²) in [6.07, 6.45) is 0.844. The van der Waals surface area contributed by atoms with Crippen molar-refractivity contribution in [2.45, 2.75) is 71.2 Å². The number of rotatable bonds is 4. The van der Waals surface area contributed by atoms with Crippen LogP contribution >= 0.6 is 0 Å². The van der Waals surface area contributed by atoms with Crippen LogP contribution in [0.4, 0.5) is 4.79 Å². The lowest BCUT2D eigenvalue weighted by Gasteiger charge is -2.40. The summed E-state index contributed by atoms with van der Waals surface area (Å²) in [6, 6.07) is 12.1. The van der Waals surface area contributed by atoms with Gasteiger partial charge in [0.1, 0.15) is 11.8 Å². The van der Waals surface area contributed by atoms with Gasteiger partial charge in [-0.05, 0) is 53.6 Å². The van der Waals surface area contributed by atoms with Crippen LogP contribution in [0.3, 0.4) is 0 Å². The number of ether oxygens (including phenoxy) is 1. The van der Waals surface area contributed by atoms with Crippen molar-refractivity contribution >= 4 is 17.9 Å². The summed E-state index contributed by atoms with van der Waals surface area (Å²) in [6.45, 7) is 5.43. The van der Waals surface area contributed by atoms with Crippen LogP contribution in [0.5, 0.6) is 5.75 Å². The van der Waals surface area contributed by atoms with Gasteiger partial charge in [0, 0.05) is 18.4 Å². The lowest BCUT2D eigenvalue weighted by molar-refractivity contribution is -0.153. The minimum absolute atomic E-state index is 0.0821. The molecule has 8 nitrogen and oxygen atoms in total. The summed E-state index contributed by atoms with van der Waals surface area (Å²) in [5.41, 5.74) is 8.50. The minimum Gasteiger partial charge on any atom is -0.508 e. The molecule has 2 aromatic carbocycles. The molecule has 0 saturated carbocycles. The van der Waals surface area contributed by atoms with E-state index >= 15 is 0 Å². The average Bonchev–Trinajstić information content (AvgIpc) is 2.80.